The highest BCUT2D eigenvalue weighted by atomic mass is 19.1. The monoisotopic (exact) mass is 237 g/mol. The molecule has 17 heavy (non-hydrogen) atoms. The highest BCUT2D eigenvalue weighted by molar-refractivity contribution is 5.28. The summed E-state index contributed by atoms with van der Waals surface area (Å²) in [6, 6.07) is 7.61. The number of hydrogen-bond acceptors (Lipinski definition) is 4. The summed E-state index contributed by atoms with van der Waals surface area (Å²) >= 11 is 0. The molecule has 0 saturated carbocycles. The third-order valence-corrected chi connectivity index (χ3v) is 2.25. The zero-order chi connectivity index (χ0) is 12.4. The fourth-order valence-electron chi connectivity index (χ4n) is 1.40. The molecule has 1 aromatic heterocycles. The van der Waals surface area contributed by atoms with Crippen molar-refractivity contribution in [3.05, 3.63) is 63.7 Å². The van der Waals surface area contributed by atoms with E-state index in [9.17, 15) is 19.6 Å². The van der Waals surface area contributed by atoms with Gasteiger partial charge in [0.2, 0.25) is 0 Å². The van der Waals surface area contributed by atoms with Crippen molar-refractivity contribution in [1.29, 1.82) is 0 Å². The average Bonchev–Trinajstić information content (AvgIpc) is 2.78. The molecule has 1 aromatic carbocycles. The number of aliphatic hydroxyl groups excluding tert-OH is 1. The molecule has 2 rings (SSSR count). The van der Waals surface area contributed by atoms with Crippen LogP contribution in [-0.2, 0) is 0 Å². The molecule has 1 N–H and O–H groups in total. The van der Waals surface area contributed by atoms with Crippen LogP contribution in [0.3, 0.4) is 0 Å². The summed E-state index contributed by atoms with van der Waals surface area (Å²) in [5.74, 6) is -0.823. The Morgan fingerprint density at radius 1 is 1.24 bits per heavy atom. The van der Waals surface area contributed by atoms with E-state index in [1.54, 1.807) is 0 Å². The summed E-state index contributed by atoms with van der Waals surface area (Å²) in [6.45, 7) is 0. The molecule has 0 bridgehead atoms. The number of rotatable bonds is 3. The van der Waals surface area contributed by atoms with Crippen LogP contribution in [0.25, 0.3) is 0 Å². The van der Waals surface area contributed by atoms with Gasteiger partial charge in [-0.2, -0.15) is 0 Å². The van der Waals surface area contributed by atoms with Crippen molar-refractivity contribution in [2.75, 3.05) is 0 Å². The van der Waals surface area contributed by atoms with E-state index in [1.165, 1.54) is 30.3 Å². The van der Waals surface area contributed by atoms with Crippen molar-refractivity contribution in [2.24, 2.45) is 0 Å². The number of nitro groups is 1. The molecule has 0 radical (unpaired) electrons. The summed E-state index contributed by atoms with van der Waals surface area (Å²) in [6.07, 6.45) is -1.15. The van der Waals surface area contributed by atoms with Crippen LogP contribution >= 0.6 is 0 Å². The van der Waals surface area contributed by atoms with Gasteiger partial charge in [-0.25, -0.2) is 4.39 Å². The van der Waals surface area contributed by atoms with E-state index in [1.807, 2.05) is 0 Å². The van der Waals surface area contributed by atoms with Crippen molar-refractivity contribution in [3.8, 4) is 0 Å². The highest BCUT2D eigenvalue weighted by Crippen LogP contribution is 2.26. The Morgan fingerprint density at radius 2 is 1.88 bits per heavy atom. The van der Waals surface area contributed by atoms with Gasteiger partial charge in [-0.3, -0.25) is 10.1 Å². The largest absolute Gasteiger partial charge is 0.433 e. The standard InChI is InChI=1S/C11H8FNO4/c12-8-3-1-7(2-4-8)11(14)9-5-6-10(17-9)13(15)16/h1-6,11,14H. The minimum atomic E-state index is -1.15. The molecule has 0 aliphatic carbocycles. The second-order valence-electron chi connectivity index (χ2n) is 3.39. The maximum Gasteiger partial charge on any atom is 0.433 e. The number of hydrogen-bond donors (Lipinski definition) is 1. The van der Waals surface area contributed by atoms with Crippen molar-refractivity contribution in [1.82, 2.24) is 0 Å². The third-order valence-electron chi connectivity index (χ3n) is 2.25. The Bertz CT molecular complexity index is 535. The molecule has 1 unspecified atom stereocenters. The molecule has 5 nitrogen and oxygen atoms in total. The maximum absolute atomic E-state index is 12.7. The molecule has 6 heteroatoms. The molecule has 0 spiro atoms. The van der Waals surface area contributed by atoms with Gasteiger partial charge in [0.15, 0.2) is 0 Å². The second kappa shape index (κ2) is 4.34. The van der Waals surface area contributed by atoms with E-state index >= 15 is 0 Å². The average molecular weight is 237 g/mol. The lowest BCUT2D eigenvalue weighted by Gasteiger charge is -2.06. The van der Waals surface area contributed by atoms with Crippen LogP contribution in [0, 0.1) is 15.9 Å². The Kier molecular flexibility index (Phi) is 2.88. The summed E-state index contributed by atoms with van der Waals surface area (Å²) in [5.41, 5.74) is 0.399. The van der Waals surface area contributed by atoms with Crippen molar-refractivity contribution >= 4 is 5.88 Å². The van der Waals surface area contributed by atoms with Gasteiger partial charge >= 0.3 is 5.88 Å². The topological polar surface area (TPSA) is 76.5 Å². The van der Waals surface area contributed by atoms with Gasteiger partial charge in [-0.15, -0.1) is 0 Å². The molecule has 0 amide bonds. The Balaban J connectivity index is 2.27. The molecule has 1 atom stereocenters. The minimum Gasteiger partial charge on any atom is -0.403 e. The third kappa shape index (κ3) is 2.31. The molecule has 0 aliphatic rings. The first-order valence-electron chi connectivity index (χ1n) is 4.75. The molecular weight excluding hydrogens is 229 g/mol. The lowest BCUT2D eigenvalue weighted by molar-refractivity contribution is -0.402. The Morgan fingerprint density at radius 3 is 2.41 bits per heavy atom. The smallest absolute Gasteiger partial charge is 0.403 e. The molecule has 88 valence electrons. The zero-order valence-electron chi connectivity index (χ0n) is 8.54. The summed E-state index contributed by atoms with van der Waals surface area (Å²) in [5, 5.41) is 20.2. The summed E-state index contributed by atoms with van der Waals surface area (Å²) in [4.78, 5) is 9.71. The van der Waals surface area contributed by atoms with Crippen LogP contribution < -0.4 is 0 Å². The van der Waals surface area contributed by atoms with Gasteiger partial charge < -0.3 is 9.52 Å². The van der Waals surface area contributed by atoms with Crippen LogP contribution in [0.4, 0.5) is 10.3 Å². The van der Waals surface area contributed by atoms with Gasteiger partial charge in [0, 0.05) is 0 Å². The molecular formula is C11H8FNO4. The van der Waals surface area contributed by atoms with Gasteiger partial charge in [0.05, 0.1) is 6.07 Å². The lowest BCUT2D eigenvalue weighted by Crippen LogP contribution is -1.97. The lowest BCUT2D eigenvalue weighted by atomic mass is 10.1. The zero-order valence-corrected chi connectivity index (χ0v) is 8.54. The fourth-order valence-corrected chi connectivity index (χ4v) is 1.40. The van der Waals surface area contributed by atoms with Gasteiger partial charge in [0.1, 0.15) is 22.6 Å². The number of aliphatic hydroxyl groups is 1. The van der Waals surface area contributed by atoms with Gasteiger partial charge in [-0.05, 0) is 23.8 Å². The summed E-state index contributed by atoms with van der Waals surface area (Å²) in [7, 11) is 0. The van der Waals surface area contributed by atoms with Crippen LogP contribution in [0.1, 0.15) is 17.4 Å². The van der Waals surface area contributed by atoms with Crippen molar-refractivity contribution in [3.63, 3.8) is 0 Å². The van der Waals surface area contributed by atoms with E-state index in [2.05, 4.69) is 0 Å². The minimum absolute atomic E-state index is 0.0447. The van der Waals surface area contributed by atoms with E-state index in [-0.39, 0.29) is 5.76 Å². The first kappa shape index (κ1) is 11.3. The first-order valence-corrected chi connectivity index (χ1v) is 4.75. The predicted octanol–water partition coefficient (Wildman–Crippen LogP) is 2.41. The van der Waals surface area contributed by atoms with Crippen LogP contribution in [0.5, 0.6) is 0 Å². The number of nitrogens with zero attached hydrogens (tertiary/aromatic N) is 1. The number of halogens is 1. The molecule has 2 aromatic rings. The second-order valence-corrected chi connectivity index (χ2v) is 3.39. The number of benzene rings is 1. The Labute approximate surface area is 95.3 Å². The van der Waals surface area contributed by atoms with E-state index in [0.29, 0.717) is 5.56 Å². The molecule has 1 heterocycles. The first-order chi connectivity index (χ1) is 8.08. The molecule has 0 aliphatic heterocycles. The van der Waals surface area contributed by atoms with Crippen LogP contribution in [0.2, 0.25) is 0 Å². The highest BCUT2D eigenvalue weighted by Gasteiger charge is 2.19. The van der Waals surface area contributed by atoms with Gasteiger partial charge in [-0.1, -0.05) is 12.1 Å². The Hall–Kier alpha value is -2.21. The SMILES string of the molecule is O=[N+]([O-])c1ccc(C(O)c2ccc(F)cc2)o1. The molecule has 0 fully saturated rings. The normalized spacial score (nSPS) is 12.4. The van der Waals surface area contributed by atoms with Crippen LogP contribution in [0.15, 0.2) is 40.8 Å². The summed E-state index contributed by atoms with van der Waals surface area (Å²) < 4.78 is 17.5. The van der Waals surface area contributed by atoms with Crippen molar-refractivity contribution < 1.29 is 18.8 Å². The van der Waals surface area contributed by atoms with Gasteiger partial charge in [0.25, 0.3) is 0 Å². The van der Waals surface area contributed by atoms with Crippen LogP contribution in [-0.4, -0.2) is 10.0 Å². The van der Waals surface area contributed by atoms with E-state index in [4.69, 9.17) is 4.42 Å². The fraction of sp³-hybridized carbons (Fsp3) is 0.0909. The van der Waals surface area contributed by atoms with E-state index < -0.39 is 22.7 Å². The predicted molar refractivity (Wildman–Crippen MR) is 55.8 cm³/mol. The molecule has 0 saturated heterocycles. The number of furan rings is 1. The van der Waals surface area contributed by atoms with Crippen molar-refractivity contribution in [2.45, 2.75) is 6.10 Å². The quantitative estimate of drug-likeness (QED) is 0.656. The maximum atomic E-state index is 12.7. The van der Waals surface area contributed by atoms with E-state index in [0.717, 1.165) is 6.07 Å².